The first-order valence-electron chi connectivity index (χ1n) is 9.04. The highest BCUT2D eigenvalue weighted by atomic mass is 19.1. The molecule has 0 saturated carbocycles. The second-order valence-corrected chi connectivity index (χ2v) is 7.23. The minimum absolute atomic E-state index is 0.0157. The fraction of sp³-hybridized carbons (Fsp3) is 0.421. The molecule has 6 nitrogen and oxygen atoms in total. The van der Waals surface area contributed by atoms with Crippen LogP contribution in [0.5, 0.6) is 0 Å². The van der Waals surface area contributed by atoms with E-state index in [0.717, 1.165) is 31.6 Å². The van der Waals surface area contributed by atoms with Crippen molar-refractivity contribution in [3.05, 3.63) is 46.8 Å². The Morgan fingerprint density at radius 3 is 3.00 bits per heavy atom. The van der Waals surface area contributed by atoms with E-state index in [-0.39, 0.29) is 5.82 Å². The van der Waals surface area contributed by atoms with Crippen LogP contribution >= 0.6 is 0 Å². The SMILES string of the molecule is CC(C)CC1CCCN1c1ccc(F)c(-n2c(=O)[nH]c3ncccc32)n1. The van der Waals surface area contributed by atoms with Gasteiger partial charge in [-0.15, -0.1) is 0 Å². The number of imidazole rings is 1. The Hall–Kier alpha value is -2.70. The van der Waals surface area contributed by atoms with Gasteiger partial charge in [-0.25, -0.2) is 23.7 Å². The van der Waals surface area contributed by atoms with Crippen molar-refractivity contribution in [3.63, 3.8) is 0 Å². The van der Waals surface area contributed by atoms with Gasteiger partial charge in [0.25, 0.3) is 0 Å². The molecule has 0 aliphatic carbocycles. The molecule has 3 aromatic rings. The summed E-state index contributed by atoms with van der Waals surface area (Å²) in [5.74, 6) is 0.791. The molecule has 1 unspecified atom stereocenters. The van der Waals surface area contributed by atoms with E-state index in [0.29, 0.717) is 23.1 Å². The smallest absolute Gasteiger partial charge is 0.333 e. The molecule has 4 rings (SSSR count). The van der Waals surface area contributed by atoms with Crippen molar-refractivity contribution >= 4 is 17.0 Å². The predicted molar refractivity (Wildman–Crippen MR) is 99.3 cm³/mol. The number of nitrogens with one attached hydrogen (secondary N) is 1. The van der Waals surface area contributed by atoms with Crippen LogP contribution < -0.4 is 10.6 Å². The number of rotatable bonds is 4. The van der Waals surface area contributed by atoms with E-state index in [9.17, 15) is 9.18 Å². The average Bonchev–Trinajstić information content (AvgIpc) is 3.18. The van der Waals surface area contributed by atoms with Crippen molar-refractivity contribution in [1.29, 1.82) is 0 Å². The van der Waals surface area contributed by atoms with Crippen LogP contribution in [0, 0.1) is 11.7 Å². The molecule has 1 aliphatic rings. The summed E-state index contributed by atoms with van der Waals surface area (Å²) in [7, 11) is 0. The second kappa shape index (κ2) is 6.55. The normalized spacial score (nSPS) is 17.5. The van der Waals surface area contributed by atoms with Crippen LogP contribution in [0.25, 0.3) is 17.0 Å². The van der Waals surface area contributed by atoms with Crippen molar-refractivity contribution in [2.45, 2.75) is 39.2 Å². The number of aromatic nitrogens is 4. The van der Waals surface area contributed by atoms with Crippen LogP contribution in [0.3, 0.4) is 0 Å². The third-order valence-electron chi connectivity index (χ3n) is 4.90. The Bertz CT molecular complexity index is 993. The van der Waals surface area contributed by atoms with Gasteiger partial charge >= 0.3 is 5.69 Å². The first-order valence-corrected chi connectivity index (χ1v) is 9.04. The fourth-order valence-corrected chi connectivity index (χ4v) is 3.82. The summed E-state index contributed by atoms with van der Waals surface area (Å²) in [5.41, 5.74) is 0.492. The Labute approximate surface area is 150 Å². The van der Waals surface area contributed by atoms with Crippen LogP contribution in [-0.2, 0) is 0 Å². The second-order valence-electron chi connectivity index (χ2n) is 7.23. The number of hydrogen-bond donors (Lipinski definition) is 1. The molecule has 0 amide bonds. The molecule has 1 saturated heterocycles. The monoisotopic (exact) mass is 355 g/mol. The molecule has 4 heterocycles. The molecule has 0 aromatic carbocycles. The van der Waals surface area contributed by atoms with E-state index in [1.165, 1.54) is 10.6 Å². The minimum Gasteiger partial charge on any atom is -0.354 e. The lowest BCUT2D eigenvalue weighted by atomic mass is 10.0. The van der Waals surface area contributed by atoms with Crippen LogP contribution in [0.4, 0.5) is 10.2 Å². The van der Waals surface area contributed by atoms with Gasteiger partial charge in [-0.2, -0.15) is 0 Å². The lowest BCUT2D eigenvalue weighted by Crippen LogP contribution is -2.31. The molecule has 1 fully saturated rings. The van der Waals surface area contributed by atoms with E-state index < -0.39 is 11.5 Å². The lowest BCUT2D eigenvalue weighted by molar-refractivity contribution is 0.492. The molecule has 7 heteroatoms. The van der Waals surface area contributed by atoms with Crippen molar-refractivity contribution in [3.8, 4) is 5.82 Å². The Morgan fingerprint density at radius 1 is 1.35 bits per heavy atom. The number of halogens is 1. The molecule has 1 N–H and O–H groups in total. The number of pyridine rings is 2. The van der Waals surface area contributed by atoms with Crippen molar-refractivity contribution in [1.82, 2.24) is 19.5 Å². The van der Waals surface area contributed by atoms with Gasteiger partial charge < -0.3 is 4.90 Å². The van der Waals surface area contributed by atoms with Gasteiger partial charge in [-0.3, -0.25) is 4.98 Å². The van der Waals surface area contributed by atoms with E-state index in [1.54, 1.807) is 24.4 Å². The molecular formula is C19H22FN5O. The molecule has 136 valence electrons. The van der Waals surface area contributed by atoms with Gasteiger partial charge in [0, 0.05) is 18.8 Å². The van der Waals surface area contributed by atoms with Gasteiger partial charge in [0.05, 0.1) is 5.52 Å². The van der Waals surface area contributed by atoms with Crippen LogP contribution in [-0.4, -0.2) is 32.1 Å². The molecule has 0 bridgehead atoms. The maximum atomic E-state index is 14.6. The third kappa shape index (κ3) is 2.87. The van der Waals surface area contributed by atoms with Crippen molar-refractivity contribution in [2.24, 2.45) is 5.92 Å². The topological polar surface area (TPSA) is 66.8 Å². The maximum Gasteiger partial charge on any atom is 0.333 e. The van der Waals surface area contributed by atoms with E-state index >= 15 is 0 Å². The Morgan fingerprint density at radius 2 is 2.19 bits per heavy atom. The first kappa shape index (κ1) is 16.8. The van der Waals surface area contributed by atoms with Gasteiger partial charge in [0.2, 0.25) is 0 Å². The highest BCUT2D eigenvalue weighted by molar-refractivity contribution is 5.72. The quantitative estimate of drug-likeness (QED) is 0.780. The van der Waals surface area contributed by atoms with Crippen LogP contribution in [0.15, 0.2) is 35.3 Å². The highest BCUT2D eigenvalue weighted by Crippen LogP contribution is 2.29. The fourth-order valence-electron chi connectivity index (χ4n) is 3.82. The highest BCUT2D eigenvalue weighted by Gasteiger charge is 2.27. The van der Waals surface area contributed by atoms with Gasteiger partial charge in [0.1, 0.15) is 5.82 Å². The number of aromatic amines is 1. The molecule has 0 spiro atoms. The Balaban J connectivity index is 1.80. The molecular weight excluding hydrogens is 333 g/mol. The molecule has 1 aliphatic heterocycles. The van der Waals surface area contributed by atoms with Gasteiger partial charge in [-0.1, -0.05) is 13.8 Å². The number of anilines is 1. The molecule has 1 atom stereocenters. The number of H-pyrrole nitrogens is 1. The van der Waals surface area contributed by atoms with Crippen LogP contribution in [0.2, 0.25) is 0 Å². The summed E-state index contributed by atoms with van der Waals surface area (Å²) in [6.07, 6.45) is 4.88. The van der Waals surface area contributed by atoms with Crippen molar-refractivity contribution in [2.75, 3.05) is 11.4 Å². The van der Waals surface area contributed by atoms with E-state index in [1.807, 2.05) is 0 Å². The first-order chi connectivity index (χ1) is 12.5. The number of hydrogen-bond acceptors (Lipinski definition) is 4. The Kier molecular flexibility index (Phi) is 4.22. The van der Waals surface area contributed by atoms with Crippen LogP contribution in [0.1, 0.15) is 33.1 Å². The zero-order chi connectivity index (χ0) is 18.3. The maximum absolute atomic E-state index is 14.6. The summed E-state index contributed by atoms with van der Waals surface area (Å²) in [6.45, 7) is 5.32. The largest absolute Gasteiger partial charge is 0.354 e. The standard InChI is InChI=1S/C19H22FN5O/c1-12(2)11-13-5-4-10-24(13)16-8-7-14(20)18(22-16)25-15-6-3-9-21-17(15)23-19(25)26/h3,6-9,12-13H,4-5,10-11H2,1-2H3,(H,21,23,26). The molecule has 3 aromatic heterocycles. The summed E-state index contributed by atoms with van der Waals surface area (Å²) in [5, 5.41) is 0. The van der Waals surface area contributed by atoms with Gasteiger partial charge in [-0.05, 0) is 49.4 Å². The minimum atomic E-state index is -0.528. The number of fused-ring (bicyclic) bond motifs is 1. The third-order valence-corrected chi connectivity index (χ3v) is 4.90. The summed E-state index contributed by atoms with van der Waals surface area (Å²) in [4.78, 5) is 25.9. The number of nitrogens with zero attached hydrogens (tertiary/aromatic N) is 4. The summed E-state index contributed by atoms with van der Waals surface area (Å²) < 4.78 is 15.8. The summed E-state index contributed by atoms with van der Waals surface area (Å²) in [6, 6.07) is 6.94. The average molecular weight is 355 g/mol. The predicted octanol–water partition coefficient (Wildman–Crippen LogP) is 3.26. The zero-order valence-corrected chi connectivity index (χ0v) is 14.9. The zero-order valence-electron chi connectivity index (χ0n) is 14.9. The van der Waals surface area contributed by atoms with E-state index in [2.05, 4.69) is 33.7 Å². The van der Waals surface area contributed by atoms with Gasteiger partial charge in [0.15, 0.2) is 17.3 Å². The molecule has 26 heavy (non-hydrogen) atoms. The molecule has 0 radical (unpaired) electrons. The van der Waals surface area contributed by atoms with Crippen molar-refractivity contribution < 1.29 is 4.39 Å². The lowest BCUT2D eigenvalue weighted by Gasteiger charge is -2.27. The summed E-state index contributed by atoms with van der Waals surface area (Å²) >= 11 is 0. The van der Waals surface area contributed by atoms with E-state index in [4.69, 9.17) is 0 Å².